The van der Waals surface area contributed by atoms with E-state index in [1.54, 1.807) is 0 Å². The van der Waals surface area contributed by atoms with Crippen LogP contribution in [0, 0.1) is 37.9 Å². The SMILES string of the molecule is [2H]C([2H])(c1cc(-c2cccc(CC(C)(C)C)c2)c(N2c3cc(-n4c5ccccc5c5ccccc54)ccc3B3c4ccc(-n5c6ccccc6c6ccccc65)cc4N(c4cc(-c5cccc(CC(C)(C)C)c5)c(C([2H])([2H])C(C)(C)C)cc4-c4cccc(CC(C)(C)C)c4)c4cc(CC(C)(C)C)cc2c43)cc1-c1cccc(CC(C)(C)C)c1)C(C)(C)C. The maximum Gasteiger partial charge on any atom is 0.252 e. The summed E-state index contributed by atoms with van der Waals surface area (Å²) in [7, 11) is 0. The van der Waals surface area contributed by atoms with E-state index in [2.05, 4.69) is 431 Å². The van der Waals surface area contributed by atoms with Crippen molar-refractivity contribution in [1.82, 2.24) is 9.13 Å². The standard InChI is InChI=1S/C113H121BN4/c1-107(2,3)66-73-34-30-38-78(54-73)90-64-100(92(60-82(90)71-112(16,17)18)80-40-32-36-75(56-80)68-109(7,8)9)117-102-62-84(115-96-46-26-22-42-86(96)87-43-23-27-47-97(87)115)50-52-94(102)114-95-53-51-85(116-98-48-28-24-44-88(98)89-45-25-29-49-99(89)116)63-103(95)118(105-59-77(70-111(13,14)15)58-104(117)106(105)114)101-65-91(79-39-31-35-74(55-79)67-108(4,5)6)83(72-113(19,20)21)61-93(101)81-41-33-37-76(57-81)69-110(10,11)12/h22-65H,66-72H2,1-21H3/i71D2,72D2. The van der Waals surface area contributed by atoms with Gasteiger partial charge >= 0.3 is 0 Å². The molecule has 2 aliphatic rings. The Balaban J connectivity index is 1.08. The molecule has 0 saturated heterocycles. The van der Waals surface area contributed by atoms with E-state index < -0.39 is 23.6 Å². The molecule has 118 heavy (non-hydrogen) atoms. The first-order valence-electron chi connectivity index (χ1n) is 45.1. The van der Waals surface area contributed by atoms with E-state index in [0.717, 1.165) is 166 Å². The molecule has 596 valence electrons. The van der Waals surface area contributed by atoms with Gasteiger partial charge in [0.25, 0.3) is 6.71 Å². The van der Waals surface area contributed by atoms with E-state index in [4.69, 9.17) is 0 Å². The van der Waals surface area contributed by atoms with Crippen LogP contribution in [0.1, 0.15) is 190 Å². The molecule has 5 heteroatoms. The Kier molecular flexibility index (Phi) is 18.7. The van der Waals surface area contributed by atoms with E-state index >= 15 is 0 Å². The molecule has 0 N–H and O–H groups in total. The third-order valence-electron chi connectivity index (χ3n) is 23.2. The second-order valence-corrected chi connectivity index (χ2v) is 42.4. The average molecular weight is 1550 g/mol. The molecular formula is C113H121BN4. The number of aromatic nitrogens is 2. The Labute approximate surface area is 710 Å². The van der Waals surface area contributed by atoms with Gasteiger partial charge in [-0.05, 0) is 256 Å². The van der Waals surface area contributed by atoms with Crippen molar-refractivity contribution in [2.24, 2.45) is 37.9 Å². The van der Waals surface area contributed by atoms with Crippen molar-refractivity contribution in [1.29, 1.82) is 0 Å². The first kappa shape index (κ1) is 74.7. The lowest BCUT2D eigenvalue weighted by molar-refractivity contribution is 0.410. The van der Waals surface area contributed by atoms with Gasteiger partial charge in [0.15, 0.2) is 0 Å². The zero-order chi connectivity index (χ0) is 86.7. The van der Waals surface area contributed by atoms with Crippen LogP contribution in [-0.2, 0) is 44.8 Å². The van der Waals surface area contributed by atoms with E-state index in [1.807, 2.05) is 0 Å². The van der Waals surface area contributed by atoms with Gasteiger partial charge in [-0.3, -0.25) is 0 Å². The Morgan fingerprint density at radius 1 is 0.246 bits per heavy atom. The van der Waals surface area contributed by atoms with Crippen molar-refractivity contribution < 1.29 is 5.48 Å². The minimum Gasteiger partial charge on any atom is -0.311 e. The number of hydrogen-bond donors (Lipinski definition) is 0. The molecule has 13 aromatic carbocycles. The Hall–Kier alpha value is -10.9. The van der Waals surface area contributed by atoms with Crippen LogP contribution < -0.4 is 26.2 Å². The van der Waals surface area contributed by atoms with Gasteiger partial charge in [0.1, 0.15) is 0 Å². The molecule has 0 bridgehead atoms. The first-order valence-corrected chi connectivity index (χ1v) is 43.1. The molecule has 4 heterocycles. The number of benzene rings is 13. The summed E-state index contributed by atoms with van der Waals surface area (Å²) < 4.78 is 48.0. The third kappa shape index (κ3) is 16.1. The summed E-state index contributed by atoms with van der Waals surface area (Å²) in [6.45, 7) is 46.8. The van der Waals surface area contributed by atoms with Crippen LogP contribution >= 0.6 is 0 Å². The molecule has 0 saturated carbocycles. The average Bonchev–Trinajstić information content (AvgIpc) is 0.771. The fourth-order valence-electron chi connectivity index (χ4n) is 19.3. The molecule has 4 nitrogen and oxygen atoms in total. The summed E-state index contributed by atoms with van der Waals surface area (Å²) in [6, 6.07) is 101. The van der Waals surface area contributed by atoms with E-state index in [0.29, 0.717) is 11.1 Å². The van der Waals surface area contributed by atoms with Crippen LogP contribution in [-0.4, -0.2) is 15.8 Å². The van der Waals surface area contributed by atoms with Gasteiger partial charge in [0.05, 0.1) is 33.4 Å². The van der Waals surface area contributed by atoms with Crippen molar-refractivity contribution in [3.63, 3.8) is 0 Å². The monoisotopic (exact) mass is 1550 g/mol. The lowest BCUT2D eigenvalue weighted by atomic mass is 9.33. The molecule has 15 aromatic rings. The number of anilines is 6. The molecule has 0 spiro atoms. The van der Waals surface area contributed by atoms with E-state index in [9.17, 15) is 5.48 Å². The van der Waals surface area contributed by atoms with Crippen molar-refractivity contribution in [2.75, 3.05) is 9.80 Å². The summed E-state index contributed by atoms with van der Waals surface area (Å²) in [6.07, 6.45) is 0.384. The van der Waals surface area contributed by atoms with Crippen LogP contribution in [0.5, 0.6) is 0 Å². The molecule has 2 aliphatic heterocycles. The van der Waals surface area contributed by atoms with Gasteiger partial charge in [-0.15, -0.1) is 0 Å². The van der Waals surface area contributed by atoms with Crippen LogP contribution in [0.2, 0.25) is 0 Å². The van der Waals surface area contributed by atoms with Crippen molar-refractivity contribution in [3.8, 4) is 55.9 Å². The number of hydrogen-bond acceptors (Lipinski definition) is 2. The molecule has 0 amide bonds. The normalized spacial score (nSPS) is 14.2. The van der Waals surface area contributed by atoms with Crippen LogP contribution in [0.15, 0.2) is 267 Å². The minimum absolute atomic E-state index is 0.0228. The Morgan fingerprint density at radius 3 is 0.831 bits per heavy atom. The predicted octanol–water partition coefficient (Wildman–Crippen LogP) is 29.8. The zero-order valence-corrected chi connectivity index (χ0v) is 73.8. The molecule has 0 fully saturated rings. The lowest BCUT2D eigenvalue weighted by Gasteiger charge is -2.46. The second-order valence-electron chi connectivity index (χ2n) is 42.4. The summed E-state index contributed by atoms with van der Waals surface area (Å²) in [5.41, 5.74) is 28.8. The summed E-state index contributed by atoms with van der Waals surface area (Å²) in [5, 5.41) is 4.73. The highest BCUT2D eigenvalue weighted by Crippen LogP contribution is 2.54. The first-order chi connectivity index (χ1) is 57.3. The van der Waals surface area contributed by atoms with Gasteiger partial charge in [-0.25, -0.2) is 0 Å². The predicted molar refractivity (Wildman–Crippen MR) is 513 cm³/mol. The molecule has 2 aromatic heterocycles. The van der Waals surface area contributed by atoms with Crippen molar-refractivity contribution >= 4 is 101 Å². The van der Waals surface area contributed by atoms with E-state index in [-0.39, 0.29) is 33.8 Å². The lowest BCUT2D eigenvalue weighted by Crippen LogP contribution is -2.61. The highest BCUT2D eigenvalue weighted by atomic mass is 15.2. The summed E-state index contributed by atoms with van der Waals surface area (Å²) in [5.74, 6) is 0. The minimum atomic E-state index is -1.85. The second kappa shape index (κ2) is 29.6. The highest BCUT2D eigenvalue weighted by molar-refractivity contribution is 7.00. The fraction of sp³-hybridized carbons (Fsp3) is 0.310. The van der Waals surface area contributed by atoms with Crippen molar-refractivity contribution in [2.45, 2.75) is 190 Å². The molecule has 0 atom stereocenters. The fourth-order valence-corrected chi connectivity index (χ4v) is 19.3. The van der Waals surface area contributed by atoms with Gasteiger partial charge in [-0.2, -0.15) is 0 Å². The number of para-hydroxylation sites is 4. The molecule has 0 unspecified atom stereocenters. The quantitative estimate of drug-likeness (QED) is 0.0951. The largest absolute Gasteiger partial charge is 0.311 e. The Morgan fingerprint density at radius 2 is 0.534 bits per heavy atom. The number of nitrogens with zero attached hydrogens (tertiary/aromatic N) is 4. The Bertz CT molecular complexity index is 6140. The molecule has 0 aliphatic carbocycles. The third-order valence-corrected chi connectivity index (χ3v) is 23.2. The number of fused-ring (bicyclic) bond motifs is 10. The maximum atomic E-state index is 10.8. The van der Waals surface area contributed by atoms with Gasteiger partial charge in [-0.1, -0.05) is 327 Å². The summed E-state index contributed by atoms with van der Waals surface area (Å²) >= 11 is 0. The van der Waals surface area contributed by atoms with Crippen LogP contribution in [0.3, 0.4) is 0 Å². The van der Waals surface area contributed by atoms with E-state index in [1.165, 1.54) is 43.8 Å². The smallest absolute Gasteiger partial charge is 0.252 e. The van der Waals surface area contributed by atoms with Gasteiger partial charge in [0, 0.05) is 72.3 Å². The van der Waals surface area contributed by atoms with Gasteiger partial charge < -0.3 is 18.9 Å². The molecular weight excluding hydrogens is 1420 g/mol. The van der Waals surface area contributed by atoms with Crippen LogP contribution in [0.25, 0.3) is 99.5 Å². The van der Waals surface area contributed by atoms with Gasteiger partial charge in [0.2, 0.25) is 0 Å². The topological polar surface area (TPSA) is 16.3 Å². The zero-order valence-electron chi connectivity index (χ0n) is 77.8. The maximum absolute atomic E-state index is 10.8. The van der Waals surface area contributed by atoms with Crippen LogP contribution in [0.4, 0.5) is 34.1 Å². The molecule has 0 radical (unpaired) electrons. The molecule has 17 rings (SSSR count). The summed E-state index contributed by atoms with van der Waals surface area (Å²) in [4.78, 5) is 5.27. The van der Waals surface area contributed by atoms with Crippen molar-refractivity contribution in [3.05, 3.63) is 306 Å². The number of rotatable bonds is 15. The highest BCUT2D eigenvalue weighted by Gasteiger charge is 2.46.